The van der Waals surface area contributed by atoms with Crippen LogP contribution < -0.4 is 5.73 Å². The van der Waals surface area contributed by atoms with Crippen molar-refractivity contribution in [3.63, 3.8) is 0 Å². The summed E-state index contributed by atoms with van der Waals surface area (Å²) in [5.41, 5.74) is 7.11. The Morgan fingerprint density at radius 3 is 2.55 bits per heavy atom. The molecule has 0 spiro atoms. The van der Waals surface area contributed by atoms with Crippen LogP contribution >= 0.6 is 11.8 Å². The lowest BCUT2D eigenvalue weighted by Gasteiger charge is -2.08. The van der Waals surface area contributed by atoms with Crippen LogP contribution in [0.3, 0.4) is 0 Å². The SMILES string of the molecule is CSC[C@@H](N)c1ccccc1. The van der Waals surface area contributed by atoms with Gasteiger partial charge in [0.05, 0.1) is 0 Å². The molecule has 1 aromatic carbocycles. The first kappa shape index (κ1) is 8.62. The average molecular weight is 167 g/mol. The Morgan fingerprint density at radius 1 is 1.36 bits per heavy atom. The molecule has 1 atom stereocenters. The predicted octanol–water partition coefficient (Wildman–Crippen LogP) is 2.05. The maximum Gasteiger partial charge on any atom is 0.0386 e. The summed E-state index contributed by atoms with van der Waals surface area (Å²) in [6.45, 7) is 0. The van der Waals surface area contributed by atoms with Crippen LogP contribution in [0.1, 0.15) is 11.6 Å². The monoisotopic (exact) mass is 167 g/mol. The van der Waals surface area contributed by atoms with Gasteiger partial charge >= 0.3 is 0 Å². The lowest BCUT2D eigenvalue weighted by atomic mass is 10.1. The molecule has 0 aromatic heterocycles. The third-order valence-corrected chi connectivity index (χ3v) is 2.27. The van der Waals surface area contributed by atoms with Crippen LogP contribution in [-0.2, 0) is 0 Å². The van der Waals surface area contributed by atoms with Crippen LogP contribution in [0.15, 0.2) is 30.3 Å². The molecule has 11 heavy (non-hydrogen) atoms. The Morgan fingerprint density at radius 2 is 2.00 bits per heavy atom. The average Bonchev–Trinajstić information content (AvgIpc) is 2.07. The smallest absolute Gasteiger partial charge is 0.0386 e. The van der Waals surface area contributed by atoms with Crippen LogP contribution in [0.4, 0.5) is 0 Å². The van der Waals surface area contributed by atoms with Gasteiger partial charge in [-0.15, -0.1) is 0 Å². The van der Waals surface area contributed by atoms with Crippen LogP contribution in [0.2, 0.25) is 0 Å². The van der Waals surface area contributed by atoms with Gasteiger partial charge < -0.3 is 5.73 Å². The molecule has 0 bridgehead atoms. The van der Waals surface area contributed by atoms with Crippen LogP contribution in [0.5, 0.6) is 0 Å². The minimum absolute atomic E-state index is 0.186. The standard InChI is InChI=1S/C9H13NS/c1-11-7-9(10)8-5-3-2-4-6-8/h2-6,9H,7,10H2,1H3/t9-/m1/s1. The van der Waals surface area contributed by atoms with E-state index in [2.05, 4.69) is 18.4 Å². The van der Waals surface area contributed by atoms with Crippen molar-refractivity contribution in [1.29, 1.82) is 0 Å². The van der Waals surface area contributed by atoms with E-state index in [9.17, 15) is 0 Å². The van der Waals surface area contributed by atoms with Gasteiger partial charge in [-0.05, 0) is 11.8 Å². The number of hydrogen-bond acceptors (Lipinski definition) is 2. The first-order valence-corrected chi connectivity index (χ1v) is 5.03. The van der Waals surface area contributed by atoms with Gasteiger partial charge in [-0.2, -0.15) is 11.8 Å². The van der Waals surface area contributed by atoms with Gasteiger partial charge in [0.2, 0.25) is 0 Å². The molecule has 0 saturated carbocycles. The van der Waals surface area contributed by atoms with Gasteiger partial charge in [-0.25, -0.2) is 0 Å². The Labute approximate surface area is 72.0 Å². The van der Waals surface area contributed by atoms with Crippen molar-refractivity contribution in [2.24, 2.45) is 5.73 Å². The third kappa shape index (κ3) is 2.56. The van der Waals surface area contributed by atoms with Gasteiger partial charge in [0, 0.05) is 11.8 Å². The maximum absolute atomic E-state index is 5.88. The van der Waals surface area contributed by atoms with Gasteiger partial charge in [0.1, 0.15) is 0 Å². The lowest BCUT2D eigenvalue weighted by Crippen LogP contribution is -2.12. The summed E-state index contributed by atoms with van der Waals surface area (Å²) in [6, 6.07) is 10.4. The van der Waals surface area contributed by atoms with Crippen molar-refractivity contribution in [2.45, 2.75) is 6.04 Å². The molecular formula is C9H13NS. The second-order valence-electron chi connectivity index (χ2n) is 2.47. The Bertz CT molecular complexity index is 198. The minimum atomic E-state index is 0.186. The fraction of sp³-hybridized carbons (Fsp3) is 0.333. The highest BCUT2D eigenvalue weighted by atomic mass is 32.2. The summed E-state index contributed by atoms with van der Waals surface area (Å²) in [6.07, 6.45) is 2.07. The van der Waals surface area contributed by atoms with Crippen LogP contribution in [-0.4, -0.2) is 12.0 Å². The molecule has 0 saturated heterocycles. The molecule has 2 heteroatoms. The Kier molecular flexibility index (Phi) is 3.46. The van der Waals surface area contributed by atoms with Gasteiger partial charge in [0.15, 0.2) is 0 Å². The molecule has 0 fully saturated rings. The van der Waals surface area contributed by atoms with E-state index in [-0.39, 0.29) is 6.04 Å². The number of rotatable bonds is 3. The molecule has 0 unspecified atom stereocenters. The highest BCUT2D eigenvalue weighted by Gasteiger charge is 2.01. The summed E-state index contributed by atoms with van der Waals surface area (Å²) < 4.78 is 0. The fourth-order valence-electron chi connectivity index (χ4n) is 0.976. The highest BCUT2D eigenvalue weighted by molar-refractivity contribution is 7.98. The molecule has 2 N–H and O–H groups in total. The summed E-state index contributed by atoms with van der Waals surface area (Å²) in [7, 11) is 0. The van der Waals surface area contributed by atoms with Crippen molar-refractivity contribution in [3.8, 4) is 0 Å². The zero-order valence-corrected chi connectivity index (χ0v) is 7.47. The molecule has 1 aromatic rings. The second kappa shape index (κ2) is 4.42. The maximum atomic E-state index is 5.88. The zero-order valence-electron chi connectivity index (χ0n) is 6.66. The summed E-state index contributed by atoms with van der Waals surface area (Å²) in [4.78, 5) is 0. The van der Waals surface area contributed by atoms with Gasteiger partial charge in [-0.1, -0.05) is 30.3 Å². The number of thioether (sulfide) groups is 1. The fourth-order valence-corrected chi connectivity index (χ4v) is 1.53. The molecule has 0 aliphatic carbocycles. The molecule has 0 aliphatic heterocycles. The Hall–Kier alpha value is -0.470. The first-order chi connectivity index (χ1) is 5.34. The van der Waals surface area contributed by atoms with Gasteiger partial charge in [0.25, 0.3) is 0 Å². The molecule has 1 nitrogen and oxygen atoms in total. The summed E-state index contributed by atoms with van der Waals surface area (Å²) >= 11 is 1.78. The van der Waals surface area contributed by atoms with E-state index in [1.807, 2.05) is 18.2 Å². The number of hydrogen-bond donors (Lipinski definition) is 1. The van der Waals surface area contributed by atoms with E-state index in [0.29, 0.717) is 0 Å². The number of benzene rings is 1. The summed E-state index contributed by atoms with van der Waals surface area (Å²) in [5.74, 6) is 0.990. The lowest BCUT2D eigenvalue weighted by molar-refractivity contribution is 0.832. The van der Waals surface area contributed by atoms with Crippen molar-refractivity contribution >= 4 is 11.8 Å². The quantitative estimate of drug-likeness (QED) is 0.745. The predicted molar refractivity (Wildman–Crippen MR) is 51.8 cm³/mol. The van der Waals surface area contributed by atoms with Gasteiger partial charge in [-0.3, -0.25) is 0 Å². The van der Waals surface area contributed by atoms with E-state index in [1.165, 1.54) is 5.56 Å². The summed E-state index contributed by atoms with van der Waals surface area (Å²) in [5, 5.41) is 0. The van der Waals surface area contributed by atoms with E-state index >= 15 is 0 Å². The van der Waals surface area contributed by atoms with Crippen molar-refractivity contribution in [1.82, 2.24) is 0 Å². The minimum Gasteiger partial charge on any atom is -0.323 e. The largest absolute Gasteiger partial charge is 0.323 e. The van der Waals surface area contributed by atoms with E-state index in [1.54, 1.807) is 11.8 Å². The van der Waals surface area contributed by atoms with Crippen LogP contribution in [0.25, 0.3) is 0 Å². The molecule has 0 heterocycles. The van der Waals surface area contributed by atoms with E-state index in [0.717, 1.165) is 5.75 Å². The number of nitrogens with two attached hydrogens (primary N) is 1. The third-order valence-electron chi connectivity index (χ3n) is 1.57. The van der Waals surface area contributed by atoms with E-state index in [4.69, 9.17) is 5.73 Å². The van der Waals surface area contributed by atoms with Crippen LogP contribution in [0, 0.1) is 0 Å². The normalized spacial score (nSPS) is 12.9. The molecule has 1 rings (SSSR count). The second-order valence-corrected chi connectivity index (χ2v) is 3.38. The van der Waals surface area contributed by atoms with Crippen molar-refractivity contribution < 1.29 is 0 Å². The molecule has 0 amide bonds. The molecule has 0 aliphatic rings. The highest BCUT2D eigenvalue weighted by Crippen LogP contribution is 2.12. The van der Waals surface area contributed by atoms with E-state index < -0.39 is 0 Å². The Balaban J connectivity index is 2.61. The molecule has 0 radical (unpaired) electrons. The van der Waals surface area contributed by atoms with Crippen molar-refractivity contribution in [3.05, 3.63) is 35.9 Å². The van der Waals surface area contributed by atoms with Crippen molar-refractivity contribution in [2.75, 3.05) is 12.0 Å². The first-order valence-electron chi connectivity index (χ1n) is 3.64. The molecular weight excluding hydrogens is 154 g/mol. The molecule has 60 valence electrons. The zero-order chi connectivity index (χ0) is 8.10. The topological polar surface area (TPSA) is 26.0 Å².